The quantitative estimate of drug-likeness (QED) is 0.334. The Morgan fingerprint density at radius 3 is 1.70 bits per heavy atom. The van der Waals surface area contributed by atoms with Crippen molar-refractivity contribution in [3.05, 3.63) is 0 Å². The Morgan fingerprint density at radius 1 is 0.788 bits per heavy atom. The van der Waals surface area contributed by atoms with Crippen molar-refractivity contribution >= 4 is 11.8 Å². The summed E-state index contributed by atoms with van der Waals surface area (Å²) in [6.07, 6.45) is 15.2. The maximum absolute atomic E-state index is 11.3. The highest BCUT2D eigenvalue weighted by Crippen LogP contribution is 2.19. The first-order valence-electron chi connectivity index (χ1n) is 11.7. The predicted octanol–water partition coefficient (Wildman–Crippen LogP) is 2.29. The standard InChI is InChI=1S/C13H17NO2.C9H13NO.C5H8O/c15-11-7-5-3-1-2-4-6-8-13(16)14-12-9-10-12;1-2-3-4-5-9(11)10-8-6-7-8;1-2-3-4-5-6/h12,15H,3-4,6,8-11H2,(H,14,16);1,8H,3-7H2,(H,10,11);6H,2,5H2,1H3. The monoisotopic (exact) mass is 454 g/mol. The highest BCUT2D eigenvalue weighted by molar-refractivity contribution is 5.76. The van der Waals surface area contributed by atoms with Crippen LogP contribution in [0.3, 0.4) is 0 Å². The normalized spacial score (nSPS) is 12.7. The lowest BCUT2D eigenvalue weighted by Crippen LogP contribution is -2.24. The van der Waals surface area contributed by atoms with Crippen molar-refractivity contribution in [2.45, 2.75) is 96.1 Å². The molecule has 6 heteroatoms. The predicted molar refractivity (Wildman–Crippen MR) is 131 cm³/mol. The lowest BCUT2D eigenvalue weighted by Gasteiger charge is -2.00. The number of hydrogen-bond donors (Lipinski definition) is 4. The van der Waals surface area contributed by atoms with Crippen LogP contribution in [0.2, 0.25) is 0 Å². The topological polar surface area (TPSA) is 98.7 Å². The van der Waals surface area contributed by atoms with Crippen LogP contribution in [0.15, 0.2) is 0 Å². The van der Waals surface area contributed by atoms with E-state index in [0.717, 1.165) is 51.4 Å². The molecule has 2 saturated carbocycles. The number of rotatable bonds is 8. The van der Waals surface area contributed by atoms with Crippen LogP contribution in [0.5, 0.6) is 0 Å². The van der Waals surface area contributed by atoms with Crippen molar-refractivity contribution < 1.29 is 19.8 Å². The van der Waals surface area contributed by atoms with Crippen LogP contribution in [0.4, 0.5) is 0 Å². The van der Waals surface area contributed by atoms with Crippen LogP contribution >= 0.6 is 0 Å². The van der Waals surface area contributed by atoms with Crippen LogP contribution in [-0.4, -0.2) is 47.3 Å². The van der Waals surface area contributed by atoms with Crippen molar-refractivity contribution in [3.63, 3.8) is 0 Å². The third kappa shape index (κ3) is 25.2. The molecular weight excluding hydrogens is 416 g/mol. The number of nitrogens with one attached hydrogen (secondary N) is 2. The summed E-state index contributed by atoms with van der Waals surface area (Å²) >= 11 is 0. The van der Waals surface area contributed by atoms with Gasteiger partial charge in [-0.25, -0.2) is 0 Å². The molecule has 6 nitrogen and oxygen atoms in total. The maximum Gasteiger partial charge on any atom is 0.220 e. The molecule has 180 valence electrons. The summed E-state index contributed by atoms with van der Waals surface area (Å²) in [6.45, 7) is 1.83. The zero-order chi connectivity index (χ0) is 24.6. The summed E-state index contributed by atoms with van der Waals surface area (Å²) in [7, 11) is 0. The molecule has 0 aromatic carbocycles. The molecular formula is C27H38N2O4. The fourth-order valence-corrected chi connectivity index (χ4v) is 2.24. The molecule has 0 aromatic rings. The van der Waals surface area contributed by atoms with Crippen LogP contribution in [0, 0.1) is 47.9 Å². The van der Waals surface area contributed by atoms with Gasteiger partial charge in [0.1, 0.15) is 13.2 Å². The lowest BCUT2D eigenvalue weighted by molar-refractivity contribution is -0.122. The summed E-state index contributed by atoms with van der Waals surface area (Å²) in [6, 6.07) is 0.931. The smallest absolute Gasteiger partial charge is 0.220 e. The highest BCUT2D eigenvalue weighted by Gasteiger charge is 2.23. The number of hydrogen-bond acceptors (Lipinski definition) is 4. The van der Waals surface area contributed by atoms with Gasteiger partial charge in [0.05, 0.1) is 6.42 Å². The second-order valence-electron chi connectivity index (χ2n) is 7.50. The van der Waals surface area contributed by atoms with E-state index in [1.807, 2.05) is 6.92 Å². The fraction of sp³-hybridized carbons (Fsp3) is 0.630. The van der Waals surface area contributed by atoms with Gasteiger partial charge in [0.2, 0.25) is 11.8 Å². The average Bonchev–Trinajstić information content (AvgIpc) is 3.73. The summed E-state index contributed by atoms with van der Waals surface area (Å²) in [5, 5.41) is 22.2. The zero-order valence-electron chi connectivity index (χ0n) is 19.8. The molecule has 2 aliphatic carbocycles. The lowest BCUT2D eigenvalue weighted by atomic mass is 10.2. The Kier molecular flexibility index (Phi) is 20.3. The number of aliphatic hydroxyl groups excluding tert-OH is 2. The van der Waals surface area contributed by atoms with Crippen LogP contribution in [0.1, 0.15) is 84.0 Å². The third-order valence-electron chi connectivity index (χ3n) is 4.20. The van der Waals surface area contributed by atoms with Gasteiger partial charge in [-0.15, -0.1) is 24.2 Å². The molecule has 33 heavy (non-hydrogen) atoms. The number of aliphatic hydroxyl groups is 2. The van der Waals surface area contributed by atoms with E-state index in [1.165, 1.54) is 0 Å². The maximum atomic E-state index is 11.3. The molecule has 0 spiro atoms. The van der Waals surface area contributed by atoms with Gasteiger partial charge in [-0.2, -0.15) is 0 Å². The average molecular weight is 455 g/mol. The Hall–Kier alpha value is -2.90. The van der Waals surface area contributed by atoms with Crippen molar-refractivity contribution in [2.75, 3.05) is 13.2 Å². The van der Waals surface area contributed by atoms with Crippen molar-refractivity contribution in [1.29, 1.82) is 0 Å². The van der Waals surface area contributed by atoms with E-state index < -0.39 is 0 Å². The van der Waals surface area contributed by atoms with Crippen LogP contribution < -0.4 is 10.6 Å². The molecule has 2 rings (SSSR count). The molecule has 0 unspecified atom stereocenters. The third-order valence-corrected chi connectivity index (χ3v) is 4.20. The van der Waals surface area contributed by atoms with E-state index >= 15 is 0 Å². The first-order chi connectivity index (χ1) is 16.1. The second-order valence-corrected chi connectivity index (χ2v) is 7.50. The SMILES string of the molecule is C#CCCCC(=O)NC1CC1.CCC#CCO.O=C(CCCC#CCC#CCO)NC1CC1. The molecule has 2 fully saturated rings. The van der Waals surface area contributed by atoms with Crippen LogP contribution in [0.25, 0.3) is 0 Å². The Balaban J connectivity index is 0.000000520. The van der Waals surface area contributed by atoms with Gasteiger partial charge < -0.3 is 20.8 Å². The number of amides is 2. The molecule has 0 aliphatic heterocycles. The number of unbranched alkanes of at least 4 members (excludes halogenated alkanes) is 2. The van der Waals surface area contributed by atoms with Crippen molar-refractivity contribution in [2.24, 2.45) is 0 Å². The van der Waals surface area contributed by atoms with Gasteiger partial charge in [0, 0.05) is 44.2 Å². The minimum absolute atomic E-state index is 0.00611. The van der Waals surface area contributed by atoms with Crippen molar-refractivity contribution in [1.82, 2.24) is 10.6 Å². The molecule has 0 atom stereocenters. The molecule has 2 aliphatic rings. The number of terminal acetylenes is 1. The molecule has 0 bridgehead atoms. The molecule has 0 saturated heterocycles. The summed E-state index contributed by atoms with van der Waals surface area (Å²) in [5.41, 5.74) is 0. The van der Waals surface area contributed by atoms with E-state index in [2.05, 4.69) is 52.1 Å². The molecule has 4 N–H and O–H groups in total. The van der Waals surface area contributed by atoms with Gasteiger partial charge in [-0.05, 0) is 38.5 Å². The van der Waals surface area contributed by atoms with E-state index in [0.29, 0.717) is 37.8 Å². The Labute approximate surface area is 199 Å². The van der Waals surface area contributed by atoms with Gasteiger partial charge in [-0.1, -0.05) is 30.6 Å². The number of carbonyl (C=O) groups is 2. The Morgan fingerprint density at radius 2 is 1.27 bits per heavy atom. The molecule has 0 radical (unpaired) electrons. The molecule has 0 aromatic heterocycles. The summed E-state index contributed by atoms with van der Waals surface area (Å²) in [5.74, 6) is 19.1. The minimum atomic E-state index is -0.108. The Bertz CT molecular complexity index is 765. The second kappa shape index (κ2) is 22.3. The fourth-order valence-electron chi connectivity index (χ4n) is 2.24. The largest absolute Gasteiger partial charge is 0.384 e. The van der Waals surface area contributed by atoms with E-state index in [4.69, 9.17) is 16.6 Å². The number of carbonyl (C=O) groups excluding carboxylic acids is 2. The van der Waals surface area contributed by atoms with Gasteiger partial charge in [0.15, 0.2) is 0 Å². The zero-order valence-corrected chi connectivity index (χ0v) is 19.8. The van der Waals surface area contributed by atoms with E-state index in [1.54, 1.807) is 0 Å². The van der Waals surface area contributed by atoms with E-state index in [9.17, 15) is 9.59 Å². The first-order valence-corrected chi connectivity index (χ1v) is 11.7. The molecule has 2 amide bonds. The van der Waals surface area contributed by atoms with Crippen molar-refractivity contribution in [3.8, 4) is 47.9 Å². The summed E-state index contributed by atoms with van der Waals surface area (Å²) < 4.78 is 0. The first kappa shape index (κ1) is 30.1. The summed E-state index contributed by atoms with van der Waals surface area (Å²) in [4.78, 5) is 22.2. The van der Waals surface area contributed by atoms with Gasteiger partial charge in [0.25, 0.3) is 0 Å². The van der Waals surface area contributed by atoms with Gasteiger partial charge >= 0.3 is 0 Å². The highest BCUT2D eigenvalue weighted by atomic mass is 16.3. The minimum Gasteiger partial charge on any atom is -0.384 e. The molecule has 0 heterocycles. The van der Waals surface area contributed by atoms with Gasteiger partial charge in [-0.3, -0.25) is 9.59 Å². The van der Waals surface area contributed by atoms with Crippen LogP contribution in [-0.2, 0) is 9.59 Å². The van der Waals surface area contributed by atoms with E-state index in [-0.39, 0.29) is 25.0 Å².